The third-order valence-electron chi connectivity index (χ3n) is 6.18. The lowest BCUT2D eigenvalue weighted by Gasteiger charge is -2.27. The molecule has 0 aromatic heterocycles. The molecule has 160 valence electrons. The van der Waals surface area contributed by atoms with Crippen molar-refractivity contribution in [2.45, 2.75) is 57.6 Å². The van der Waals surface area contributed by atoms with Gasteiger partial charge in [-0.1, -0.05) is 24.3 Å². The van der Waals surface area contributed by atoms with Gasteiger partial charge in [-0.15, -0.1) is 0 Å². The van der Waals surface area contributed by atoms with E-state index in [1.165, 1.54) is 28.7 Å². The molecule has 0 unspecified atom stereocenters. The van der Waals surface area contributed by atoms with Crippen molar-refractivity contribution in [2.75, 3.05) is 19.8 Å². The van der Waals surface area contributed by atoms with E-state index in [9.17, 15) is 9.90 Å². The molecule has 0 heterocycles. The first-order chi connectivity index (χ1) is 14.6. The van der Waals surface area contributed by atoms with Crippen LogP contribution in [0.4, 0.5) is 0 Å². The van der Waals surface area contributed by atoms with Crippen LogP contribution in [-0.2, 0) is 35.2 Å². The van der Waals surface area contributed by atoms with E-state index >= 15 is 0 Å². The molecule has 0 saturated heterocycles. The van der Waals surface area contributed by atoms with Gasteiger partial charge in [-0.3, -0.25) is 0 Å². The Labute approximate surface area is 178 Å². The van der Waals surface area contributed by atoms with Crippen LogP contribution in [0.25, 0.3) is 0 Å². The first-order valence-electron chi connectivity index (χ1n) is 11.1. The van der Waals surface area contributed by atoms with Gasteiger partial charge in [0.25, 0.3) is 0 Å². The minimum atomic E-state index is -0.489. The van der Waals surface area contributed by atoms with Crippen LogP contribution in [0.5, 0.6) is 5.75 Å². The molecule has 0 bridgehead atoms. The van der Waals surface area contributed by atoms with Gasteiger partial charge in [0, 0.05) is 12.6 Å². The van der Waals surface area contributed by atoms with Crippen molar-refractivity contribution in [3.05, 3.63) is 64.2 Å². The minimum Gasteiger partial charge on any atom is -0.482 e. The molecule has 2 aromatic carbocycles. The van der Waals surface area contributed by atoms with Crippen LogP contribution in [0.1, 0.15) is 53.7 Å². The number of hydrogen-bond acceptors (Lipinski definition) is 5. The predicted molar refractivity (Wildman–Crippen MR) is 116 cm³/mol. The van der Waals surface area contributed by atoms with Gasteiger partial charge in [-0.05, 0) is 85.4 Å². The zero-order valence-electron chi connectivity index (χ0n) is 17.7. The van der Waals surface area contributed by atoms with Gasteiger partial charge in [0.1, 0.15) is 5.75 Å². The standard InChI is InChI=1S/C25H31NO4/c1-2-29-25(28)16-30-23-11-9-18-8-10-22(13-21(18)14-23)26-15-24(27)20-7-6-17-4-3-5-19(17)12-20/h6-7,9,11-12,14,22,24,26-27H,2-5,8,10,13,15-16H2,1H3/t22-,24+/m0/s1. The highest BCUT2D eigenvalue weighted by Crippen LogP contribution is 2.27. The molecule has 0 saturated carbocycles. The monoisotopic (exact) mass is 409 g/mol. The summed E-state index contributed by atoms with van der Waals surface area (Å²) in [5, 5.41) is 14.2. The molecule has 2 aliphatic rings. The van der Waals surface area contributed by atoms with Crippen LogP contribution in [0.3, 0.4) is 0 Å². The Hall–Kier alpha value is -2.37. The highest BCUT2D eigenvalue weighted by atomic mass is 16.6. The van der Waals surface area contributed by atoms with Gasteiger partial charge >= 0.3 is 5.97 Å². The van der Waals surface area contributed by atoms with E-state index in [0.29, 0.717) is 24.9 Å². The Kier molecular flexibility index (Phi) is 6.70. The number of aliphatic hydroxyl groups is 1. The molecule has 0 fully saturated rings. The third kappa shape index (κ3) is 5.02. The van der Waals surface area contributed by atoms with Crippen LogP contribution >= 0.6 is 0 Å². The zero-order chi connectivity index (χ0) is 20.9. The van der Waals surface area contributed by atoms with Crippen LogP contribution < -0.4 is 10.1 Å². The molecule has 0 amide bonds. The van der Waals surface area contributed by atoms with Crippen LogP contribution in [0.15, 0.2) is 36.4 Å². The second-order valence-corrected chi connectivity index (χ2v) is 8.27. The molecular weight excluding hydrogens is 378 g/mol. The highest BCUT2D eigenvalue weighted by molar-refractivity contribution is 5.71. The molecule has 2 aliphatic carbocycles. The van der Waals surface area contributed by atoms with Gasteiger partial charge in [-0.2, -0.15) is 0 Å². The number of carbonyl (C=O) groups is 1. The minimum absolute atomic E-state index is 0.0682. The van der Waals surface area contributed by atoms with Gasteiger partial charge in [0.15, 0.2) is 6.61 Å². The summed E-state index contributed by atoms with van der Waals surface area (Å²) in [4.78, 5) is 11.5. The Morgan fingerprint density at radius 1 is 1.10 bits per heavy atom. The molecule has 4 rings (SSSR count). The fraction of sp³-hybridized carbons (Fsp3) is 0.480. The molecule has 0 aliphatic heterocycles. The number of benzene rings is 2. The summed E-state index contributed by atoms with van der Waals surface area (Å²) in [6.45, 7) is 2.63. The topological polar surface area (TPSA) is 67.8 Å². The number of esters is 1. The Morgan fingerprint density at radius 2 is 1.90 bits per heavy atom. The van der Waals surface area contributed by atoms with Gasteiger partial charge in [0.2, 0.25) is 0 Å². The fourth-order valence-corrected chi connectivity index (χ4v) is 4.54. The van der Waals surface area contributed by atoms with Crippen molar-refractivity contribution in [3.8, 4) is 5.75 Å². The first-order valence-corrected chi connectivity index (χ1v) is 11.1. The van der Waals surface area contributed by atoms with Crippen LogP contribution in [0, 0.1) is 0 Å². The lowest BCUT2D eigenvalue weighted by atomic mass is 9.88. The number of carbonyl (C=O) groups excluding carboxylic acids is 1. The van der Waals surface area contributed by atoms with Gasteiger partial charge in [-0.25, -0.2) is 4.79 Å². The summed E-state index contributed by atoms with van der Waals surface area (Å²) in [5.41, 5.74) is 6.41. The highest BCUT2D eigenvalue weighted by Gasteiger charge is 2.21. The van der Waals surface area contributed by atoms with Crippen molar-refractivity contribution in [2.24, 2.45) is 0 Å². The van der Waals surface area contributed by atoms with E-state index in [4.69, 9.17) is 9.47 Å². The normalized spacial score (nSPS) is 18.4. The largest absolute Gasteiger partial charge is 0.482 e. The van der Waals surface area contributed by atoms with E-state index in [2.05, 4.69) is 29.6 Å². The molecule has 0 radical (unpaired) electrons. The molecular formula is C25H31NO4. The predicted octanol–water partition coefficient (Wildman–Crippen LogP) is 3.30. The molecule has 0 spiro atoms. The smallest absolute Gasteiger partial charge is 0.344 e. The molecule has 5 heteroatoms. The van der Waals surface area contributed by atoms with Crippen LogP contribution in [0.2, 0.25) is 0 Å². The van der Waals surface area contributed by atoms with Crippen molar-refractivity contribution >= 4 is 5.97 Å². The number of aliphatic hydroxyl groups excluding tert-OH is 1. The van der Waals surface area contributed by atoms with E-state index in [1.807, 2.05) is 12.1 Å². The van der Waals surface area contributed by atoms with Crippen LogP contribution in [-0.4, -0.2) is 36.9 Å². The first kappa shape index (κ1) is 20.9. The van der Waals surface area contributed by atoms with E-state index in [1.54, 1.807) is 6.92 Å². The summed E-state index contributed by atoms with van der Waals surface area (Å²) in [7, 11) is 0. The summed E-state index contributed by atoms with van der Waals surface area (Å²) in [5.74, 6) is 0.343. The Bertz CT molecular complexity index is 895. The lowest BCUT2D eigenvalue weighted by molar-refractivity contribution is -0.145. The number of fused-ring (bicyclic) bond motifs is 2. The average molecular weight is 410 g/mol. The zero-order valence-corrected chi connectivity index (χ0v) is 17.7. The second kappa shape index (κ2) is 9.63. The SMILES string of the molecule is CCOC(=O)COc1ccc2c(c1)C[C@@H](NC[C@@H](O)c1ccc3c(c1)CCC3)CC2. The molecule has 5 nitrogen and oxygen atoms in total. The summed E-state index contributed by atoms with van der Waals surface area (Å²) < 4.78 is 10.5. The number of aryl methyl sites for hydroxylation is 3. The summed E-state index contributed by atoms with van der Waals surface area (Å²) in [6.07, 6.45) is 5.97. The van der Waals surface area contributed by atoms with Crippen molar-refractivity contribution in [3.63, 3.8) is 0 Å². The van der Waals surface area contributed by atoms with E-state index < -0.39 is 6.10 Å². The second-order valence-electron chi connectivity index (χ2n) is 8.27. The average Bonchev–Trinajstić information content (AvgIpc) is 3.24. The number of hydrogen-bond donors (Lipinski definition) is 2. The fourth-order valence-electron chi connectivity index (χ4n) is 4.54. The Morgan fingerprint density at radius 3 is 2.77 bits per heavy atom. The summed E-state index contributed by atoms with van der Waals surface area (Å²) >= 11 is 0. The molecule has 30 heavy (non-hydrogen) atoms. The van der Waals surface area contributed by atoms with Gasteiger partial charge in [0.05, 0.1) is 12.7 Å². The number of rotatable bonds is 8. The Balaban J connectivity index is 1.31. The molecule has 2 atom stereocenters. The number of ether oxygens (including phenoxy) is 2. The maximum atomic E-state index is 11.5. The number of nitrogens with one attached hydrogen (secondary N) is 1. The summed E-state index contributed by atoms with van der Waals surface area (Å²) in [6, 6.07) is 12.8. The van der Waals surface area contributed by atoms with Crippen molar-refractivity contribution < 1.29 is 19.4 Å². The molecule has 2 N–H and O–H groups in total. The maximum absolute atomic E-state index is 11.5. The van der Waals surface area contributed by atoms with Gasteiger partial charge < -0.3 is 19.9 Å². The lowest BCUT2D eigenvalue weighted by Crippen LogP contribution is -2.37. The van der Waals surface area contributed by atoms with Crippen molar-refractivity contribution in [1.29, 1.82) is 0 Å². The third-order valence-corrected chi connectivity index (χ3v) is 6.18. The van der Waals surface area contributed by atoms with E-state index in [0.717, 1.165) is 37.7 Å². The maximum Gasteiger partial charge on any atom is 0.344 e. The van der Waals surface area contributed by atoms with Crippen molar-refractivity contribution in [1.82, 2.24) is 5.32 Å². The quantitative estimate of drug-likeness (QED) is 0.655. The van der Waals surface area contributed by atoms with E-state index in [-0.39, 0.29) is 12.6 Å². The molecule has 2 aromatic rings.